The van der Waals surface area contributed by atoms with E-state index in [1.54, 1.807) is 24.7 Å². The molecule has 1 aliphatic heterocycles. The molecule has 4 rings (SSSR count). The lowest BCUT2D eigenvalue weighted by Gasteiger charge is -2.35. The summed E-state index contributed by atoms with van der Waals surface area (Å²) in [4.78, 5) is 23.7. The third kappa shape index (κ3) is 4.20. The minimum Gasteiger partial charge on any atom is -0.349 e. The summed E-state index contributed by atoms with van der Waals surface area (Å²) in [6.45, 7) is 2.49. The van der Waals surface area contributed by atoms with Gasteiger partial charge in [0.2, 0.25) is 10.9 Å². The summed E-state index contributed by atoms with van der Waals surface area (Å²) in [5.74, 6) is 0.898. The molecule has 0 fully saturated rings. The lowest BCUT2D eigenvalue weighted by atomic mass is 9.99. The Morgan fingerprint density at radius 1 is 1.17 bits per heavy atom. The topological polar surface area (TPSA) is 114 Å². The number of halogens is 1. The Labute approximate surface area is 168 Å². The number of anilines is 1. The first-order valence-electron chi connectivity index (χ1n) is 8.95. The van der Waals surface area contributed by atoms with E-state index in [2.05, 4.69) is 29.6 Å². The van der Waals surface area contributed by atoms with Gasteiger partial charge in [0, 0.05) is 43.2 Å². The Hall–Kier alpha value is -3.05. The highest BCUT2D eigenvalue weighted by molar-refractivity contribution is 7.70. The Balaban J connectivity index is 1.61. The molecule has 1 N–H and O–H groups in total. The number of nitrogens with one attached hydrogen (secondary N) is 1. The Bertz CT molecular complexity index is 1100. The van der Waals surface area contributed by atoms with Gasteiger partial charge in [-0.25, -0.2) is 42.5 Å². The first-order chi connectivity index (χ1) is 14.0. The van der Waals surface area contributed by atoms with Crippen molar-refractivity contribution in [3.63, 3.8) is 0 Å². The summed E-state index contributed by atoms with van der Waals surface area (Å²) in [6.07, 6.45) is 5.65. The molecule has 0 amide bonds. The maximum Gasteiger partial charge on any atom is 0.201 e. The first kappa shape index (κ1) is 19.3. The van der Waals surface area contributed by atoms with Crippen molar-refractivity contribution in [3.05, 3.63) is 59.6 Å². The predicted octanol–water partition coefficient (Wildman–Crippen LogP) is 1.21. The van der Waals surface area contributed by atoms with Gasteiger partial charge in [0.1, 0.15) is 11.6 Å². The van der Waals surface area contributed by atoms with E-state index in [0.717, 1.165) is 11.3 Å². The lowest BCUT2D eigenvalue weighted by Crippen LogP contribution is -2.35. The fraction of sp³-hybridized carbons (Fsp3) is 0.278. The molecule has 150 valence electrons. The second kappa shape index (κ2) is 8.13. The van der Waals surface area contributed by atoms with Crippen molar-refractivity contribution in [2.24, 2.45) is 0 Å². The smallest absolute Gasteiger partial charge is 0.201 e. The van der Waals surface area contributed by atoms with Gasteiger partial charge in [0.05, 0.1) is 24.0 Å². The quantitative estimate of drug-likeness (QED) is 0.598. The third-order valence-corrected chi connectivity index (χ3v) is 5.10. The number of fused-ring (bicyclic) bond motifs is 1. The van der Waals surface area contributed by atoms with Gasteiger partial charge in [-0.2, -0.15) is 0 Å². The highest BCUT2D eigenvalue weighted by atomic mass is 32.2. The minimum atomic E-state index is -2.78. The minimum absolute atomic E-state index is 0.0637. The molecule has 0 spiro atoms. The number of pyridine rings is 1. The van der Waals surface area contributed by atoms with Crippen LogP contribution in [0.15, 0.2) is 36.8 Å². The summed E-state index contributed by atoms with van der Waals surface area (Å²) in [6, 6.07) is 4.16. The Morgan fingerprint density at radius 3 is 2.72 bits per heavy atom. The van der Waals surface area contributed by atoms with Crippen molar-refractivity contribution < 1.29 is 12.8 Å². The molecule has 3 aromatic rings. The van der Waals surface area contributed by atoms with Gasteiger partial charge in [-0.05, 0) is 19.1 Å². The highest BCUT2D eigenvalue weighted by Crippen LogP contribution is 2.32. The Morgan fingerprint density at radius 2 is 1.97 bits per heavy atom. The van der Waals surface area contributed by atoms with Crippen LogP contribution in [0.3, 0.4) is 0 Å². The van der Waals surface area contributed by atoms with Crippen LogP contribution in [-0.4, -0.2) is 39.9 Å². The van der Waals surface area contributed by atoms with Crippen LogP contribution in [0.25, 0.3) is 11.6 Å². The van der Waals surface area contributed by atoms with Crippen molar-refractivity contribution >= 4 is 16.7 Å². The molecule has 11 heteroatoms. The molecule has 1 atom stereocenters. The molecule has 3 aromatic heterocycles. The first-order valence-corrected chi connectivity index (χ1v) is 10.1. The molecule has 0 aliphatic carbocycles. The zero-order chi connectivity index (χ0) is 20.4. The standard InChI is InChI=1S/C18H18FN7O2S/c1-11-14-10-22-18(17-20-4-2-5-21-17)25-15(14)3-6-26(11)16-8-12(19)7-13(24-16)9-23-29(27)28/h2,4-5,7-8,10-11,29H,3,6,9H2,1H3,(H,23,27,28). The van der Waals surface area contributed by atoms with E-state index < -0.39 is 16.7 Å². The van der Waals surface area contributed by atoms with Crippen molar-refractivity contribution in [3.8, 4) is 11.6 Å². The predicted molar refractivity (Wildman–Crippen MR) is 104 cm³/mol. The summed E-state index contributed by atoms with van der Waals surface area (Å²) >= 11 is 0. The number of thiol groups is 1. The SMILES string of the molecule is CC1c2cnc(-c3ncccn3)nc2CCN1c1cc(F)cc(CN[SH](=O)=O)n1. The zero-order valence-electron chi connectivity index (χ0n) is 15.5. The second-order valence-corrected chi connectivity index (χ2v) is 7.34. The van der Waals surface area contributed by atoms with Gasteiger partial charge in [-0.1, -0.05) is 0 Å². The van der Waals surface area contributed by atoms with Crippen LogP contribution in [0.5, 0.6) is 0 Å². The number of hydrogen-bond acceptors (Lipinski definition) is 8. The van der Waals surface area contributed by atoms with Gasteiger partial charge in [-0.3, -0.25) is 0 Å². The summed E-state index contributed by atoms with van der Waals surface area (Å²) in [5, 5.41) is 0. The fourth-order valence-electron chi connectivity index (χ4n) is 3.32. The van der Waals surface area contributed by atoms with Crippen LogP contribution >= 0.6 is 0 Å². The number of aromatic nitrogens is 5. The average molecular weight is 415 g/mol. The lowest BCUT2D eigenvalue weighted by molar-refractivity contribution is 0.583. The largest absolute Gasteiger partial charge is 0.349 e. The van der Waals surface area contributed by atoms with E-state index in [1.165, 1.54) is 12.1 Å². The van der Waals surface area contributed by atoms with Crippen molar-refractivity contribution in [1.29, 1.82) is 0 Å². The third-order valence-electron chi connectivity index (χ3n) is 4.69. The van der Waals surface area contributed by atoms with Crippen LogP contribution in [-0.2, 0) is 23.9 Å². The molecule has 0 bridgehead atoms. The molecule has 9 nitrogen and oxygen atoms in total. The van der Waals surface area contributed by atoms with E-state index >= 15 is 0 Å². The maximum atomic E-state index is 14.1. The normalized spacial score (nSPS) is 16.1. The number of nitrogens with zero attached hydrogens (tertiary/aromatic N) is 6. The van der Waals surface area contributed by atoms with Gasteiger partial charge < -0.3 is 4.90 Å². The monoisotopic (exact) mass is 415 g/mol. The van der Waals surface area contributed by atoms with Gasteiger partial charge >= 0.3 is 0 Å². The summed E-state index contributed by atoms with van der Waals surface area (Å²) in [7, 11) is -2.78. The zero-order valence-corrected chi connectivity index (χ0v) is 16.4. The summed E-state index contributed by atoms with van der Waals surface area (Å²) < 4.78 is 37.8. The van der Waals surface area contributed by atoms with E-state index in [0.29, 0.717) is 36.1 Å². The van der Waals surface area contributed by atoms with Crippen LogP contribution in [0.2, 0.25) is 0 Å². The molecule has 29 heavy (non-hydrogen) atoms. The van der Waals surface area contributed by atoms with Crippen molar-refractivity contribution in [2.75, 3.05) is 11.4 Å². The average Bonchev–Trinajstić information content (AvgIpc) is 2.72. The molecule has 0 aromatic carbocycles. The molecule has 1 unspecified atom stereocenters. The fourth-order valence-corrected chi connectivity index (χ4v) is 3.61. The molecular formula is C18H18FN7O2S. The van der Waals surface area contributed by atoms with E-state index in [1.807, 2.05) is 11.8 Å². The van der Waals surface area contributed by atoms with Crippen molar-refractivity contribution in [1.82, 2.24) is 29.6 Å². The van der Waals surface area contributed by atoms with Crippen LogP contribution in [0.1, 0.15) is 29.9 Å². The number of hydrogen-bond donors (Lipinski definition) is 2. The van der Waals surface area contributed by atoms with Gasteiger partial charge in [0.15, 0.2) is 11.6 Å². The maximum absolute atomic E-state index is 14.1. The summed E-state index contributed by atoms with van der Waals surface area (Å²) in [5.41, 5.74) is 2.13. The van der Waals surface area contributed by atoms with Crippen LogP contribution in [0.4, 0.5) is 10.2 Å². The van der Waals surface area contributed by atoms with E-state index in [4.69, 9.17) is 0 Å². The van der Waals surface area contributed by atoms with E-state index in [-0.39, 0.29) is 12.6 Å². The molecule has 0 saturated carbocycles. The van der Waals surface area contributed by atoms with E-state index in [9.17, 15) is 12.8 Å². The van der Waals surface area contributed by atoms with Gasteiger partial charge in [-0.15, -0.1) is 0 Å². The van der Waals surface area contributed by atoms with Crippen molar-refractivity contribution in [2.45, 2.75) is 25.9 Å². The molecular weight excluding hydrogens is 397 g/mol. The highest BCUT2D eigenvalue weighted by Gasteiger charge is 2.27. The van der Waals surface area contributed by atoms with Gasteiger partial charge in [0.25, 0.3) is 0 Å². The second-order valence-electron chi connectivity index (χ2n) is 6.51. The molecule has 0 saturated heterocycles. The number of rotatable bonds is 5. The molecule has 4 heterocycles. The van der Waals surface area contributed by atoms with Crippen LogP contribution in [0, 0.1) is 5.82 Å². The Kier molecular flexibility index (Phi) is 5.41. The molecule has 1 aliphatic rings. The van der Waals surface area contributed by atoms with Crippen LogP contribution < -0.4 is 9.62 Å². The molecule has 0 radical (unpaired) electrons.